The molecule has 1 saturated heterocycles. The van der Waals surface area contributed by atoms with Crippen molar-refractivity contribution in [2.75, 3.05) is 0 Å². The lowest BCUT2D eigenvalue weighted by Gasteiger charge is -2.10. The Bertz CT molecular complexity index is 225. The lowest BCUT2D eigenvalue weighted by Crippen LogP contribution is -2.28. The highest BCUT2D eigenvalue weighted by atomic mass is 16.5. The Kier molecular flexibility index (Phi) is 1.21. The van der Waals surface area contributed by atoms with Crippen LogP contribution in [0.5, 0.6) is 0 Å². The molecule has 0 spiro atoms. The van der Waals surface area contributed by atoms with Gasteiger partial charge in [-0.25, -0.2) is 0 Å². The standard InChI is InChI=1S/C8H12NO/c1-6-7(2)10-8(3,4)9(6)5/h1-2,5H2,3-4H3/q+1. The highest BCUT2D eigenvalue weighted by Gasteiger charge is 2.42. The van der Waals surface area contributed by atoms with Gasteiger partial charge in [0.2, 0.25) is 5.70 Å². The molecule has 0 aliphatic carbocycles. The fraction of sp³-hybridized carbons (Fsp3) is 0.375. The first-order valence-corrected chi connectivity index (χ1v) is 3.13. The second-order valence-electron chi connectivity index (χ2n) is 2.85. The Morgan fingerprint density at radius 3 is 2.00 bits per heavy atom. The minimum Gasteiger partial charge on any atom is -0.425 e. The van der Waals surface area contributed by atoms with E-state index in [0.29, 0.717) is 5.76 Å². The van der Waals surface area contributed by atoms with E-state index < -0.39 is 0 Å². The zero-order valence-corrected chi connectivity index (χ0v) is 6.48. The Morgan fingerprint density at radius 2 is 1.90 bits per heavy atom. The van der Waals surface area contributed by atoms with E-state index in [1.165, 1.54) is 0 Å². The Hall–Kier alpha value is -1.05. The molecule has 1 heterocycles. The van der Waals surface area contributed by atoms with Crippen LogP contribution in [0, 0.1) is 0 Å². The van der Waals surface area contributed by atoms with Gasteiger partial charge in [0, 0.05) is 13.8 Å². The summed E-state index contributed by atoms with van der Waals surface area (Å²) in [6, 6.07) is 0. The highest BCUT2D eigenvalue weighted by molar-refractivity contribution is 5.25. The van der Waals surface area contributed by atoms with E-state index in [-0.39, 0.29) is 5.72 Å². The smallest absolute Gasteiger partial charge is 0.305 e. The molecule has 0 aromatic heterocycles. The van der Waals surface area contributed by atoms with Crippen LogP contribution >= 0.6 is 0 Å². The molecule has 0 N–H and O–H groups in total. The van der Waals surface area contributed by atoms with E-state index >= 15 is 0 Å². The molecule has 0 amide bonds. The Labute approximate surface area is 61.1 Å². The van der Waals surface area contributed by atoms with Crippen LogP contribution in [-0.4, -0.2) is 17.0 Å². The van der Waals surface area contributed by atoms with E-state index in [9.17, 15) is 0 Å². The first-order chi connectivity index (χ1) is 4.45. The van der Waals surface area contributed by atoms with Gasteiger partial charge in [0.1, 0.15) is 6.72 Å². The van der Waals surface area contributed by atoms with Crippen molar-refractivity contribution < 1.29 is 9.31 Å². The largest absolute Gasteiger partial charge is 0.425 e. The summed E-state index contributed by atoms with van der Waals surface area (Å²) in [7, 11) is 0. The zero-order chi connectivity index (χ0) is 7.94. The number of hydrogen-bond donors (Lipinski definition) is 0. The Balaban J connectivity index is 3.04. The van der Waals surface area contributed by atoms with Gasteiger partial charge >= 0.3 is 5.72 Å². The van der Waals surface area contributed by atoms with Crippen molar-refractivity contribution in [3.05, 3.63) is 24.6 Å². The lowest BCUT2D eigenvalue weighted by atomic mass is 10.3. The third-order valence-corrected chi connectivity index (χ3v) is 1.67. The molecule has 1 rings (SSSR count). The molecule has 2 heteroatoms. The summed E-state index contributed by atoms with van der Waals surface area (Å²) in [4.78, 5) is 0. The first kappa shape index (κ1) is 7.06. The minimum atomic E-state index is -0.381. The molecule has 54 valence electrons. The molecule has 0 unspecified atom stereocenters. The summed E-state index contributed by atoms with van der Waals surface area (Å²) in [6.07, 6.45) is 0. The summed E-state index contributed by atoms with van der Waals surface area (Å²) >= 11 is 0. The third-order valence-electron chi connectivity index (χ3n) is 1.67. The summed E-state index contributed by atoms with van der Waals surface area (Å²) in [5.41, 5.74) is 0.374. The van der Waals surface area contributed by atoms with Crippen LogP contribution in [0.25, 0.3) is 0 Å². The average molecular weight is 138 g/mol. The zero-order valence-electron chi connectivity index (χ0n) is 6.48. The van der Waals surface area contributed by atoms with E-state index in [4.69, 9.17) is 4.74 Å². The van der Waals surface area contributed by atoms with E-state index in [2.05, 4.69) is 19.9 Å². The van der Waals surface area contributed by atoms with Gasteiger partial charge in [-0.1, -0.05) is 0 Å². The molecular formula is C8H12NO+. The predicted octanol–water partition coefficient (Wildman–Crippen LogP) is 1.49. The quantitative estimate of drug-likeness (QED) is 0.462. The lowest BCUT2D eigenvalue weighted by molar-refractivity contribution is -0.570. The van der Waals surface area contributed by atoms with Gasteiger partial charge < -0.3 is 4.74 Å². The molecule has 0 radical (unpaired) electrons. The number of hydrogen-bond acceptors (Lipinski definition) is 1. The first-order valence-electron chi connectivity index (χ1n) is 3.13. The van der Waals surface area contributed by atoms with E-state index in [1.807, 2.05) is 13.8 Å². The maximum atomic E-state index is 5.34. The van der Waals surface area contributed by atoms with Crippen molar-refractivity contribution >= 4 is 6.72 Å². The van der Waals surface area contributed by atoms with Crippen LogP contribution < -0.4 is 0 Å². The van der Waals surface area contributed by atoms with Gasteiger partial charge in [0.25, 0.3) is 0 Å². The van der Waals surface area contributed by atoms with Gasteiger partial charge in [0.15, 0.2) is 5.76 Å². The van der Waals surface area contributed by atoms with Crippen LogP contribution in [0.15, 0.2) is 24.6 Å². The van der Waals surface area contributed by atoms with Crippen LogP contribution in [-0.2, 0) is 4.74 Å². The summed E-state index contributed by atoms with van der Waals surface area (Å²) < 4.78 is 7.06. The van der Waals surface area contributed by atoms with Gasteiger partial charge in [-0.05, 0) is 13.2 Å². The maximum Gasteiger partial charge on any atom is 0.305 e. The van der Waals surface area contributed by atoms with Crippen LogP contribution in [0.2, 0.25) is 0 Å². The van der Waals surface area contributed by atoms with Gasteiger partial charge in [0.05, 0.1) is 0 Å². The normalized spacial score (nSPS) is 23.2. The minimum absolute atomic E-state index is 0.381. The molecule has 0 bridgehead atoms. The second-order valence-corrected chi connectivity index (χ2v) is 2.85. The summed E-state index contributed by atoms with van der Waals surface area (Å²) in [5.74, 6) is 0.611. The molecule has 0 atom stereocenters. The fourth-order valence-electron chi connectivity index (χ4n) is 0.891. The molecule has 2 nitrogen and oxygen atoms in total. The van der Waals surface area contributed by atoms with Crippen LogP contribution in [0.1, 0.15) is 13.8 Å². The molecular weight excluding hydrogens is 126 g/mol. The number of ether oxygens (including phenoxy) is 1. The molecule has 10 heavy (non-hydrogen) atoms. The van der Waals surface area contributed by atoms with Crippen molar-refractivity contribution in [2.45, 2.75) is 19.6 Å². The van der Waals surface area contributed by atoms with E-state index in [1.54, 1.807) is 4.58 Å². The highest BCUT2D eigenvalue weighted by Crippen LogP contribution is 2.29. The summed E-state index contributed by atoms with van der Waals surface area (Å²) in [5, 5.41) is 0. The number of rotatable bonds is 0. The molecule has 0 aromatic rings. The number of nitrogens with zero attached hydrogens (tertiary/aromatic N) is 1. The average Bonchev–Trinajstić information content (AvgIpc) is 1.95. The third kappa shape index (κ3) is 0.764. The van der Waals surface area contributed by atoms with Crippen LogP contribution in [0.4, 0.5) is 0 Å². The fourth-order valence-corrected chi connectivity index (χ4v) is 0.891. The van der Waals surface area contributed by atoms with Gasteiger partial charge in [-0.2, -0.15) is 4.58 Å². The maximum absolute atomic E-state index is 5.34. The van der Waals surface area contributed by atoms with Crippen molar-refractivity contribution in [3.8, 4) is 0 Å². The second kappa shape index (κ2) is 1.72. The molecule has 1 aliphatic heterocycles. The molecule has 1 fully saturated rings. The molecule has 1 aliphatic rings. The van der Waals surface area contributed by atoms with Crippen molar-refractivity contribution in [1.82, 2.24) is 0 Å². The van der Waals surface area contributed by atoms with E-state index in [0.717, 1.165) is 5.70 Å². The van der Waals surface area contributed by atoms with Crippen molar-refractivity contribution in [1.29, 1.82) is 0 Å². The molecule has 0 aromatic carbocycles. The monoisotopic (exact) mass is 138 g/mol. The topological polar surface area (TPSA) is 12.2 Å². The Morgan fingerprint density at radius 1 is 1.40 bits per heavy atom. The van der Waals surface area contributed by atoms with Gasteiger partial charge in [-0.15, -0.1) is 0 Å². The van der Waals surface area contributed by atoms with Crippen molar-refractivity contribution in [2.24, 2.45) is 0 Å². The predicted molar refractivity (Wildman–Crippen MR) is 40.8 cm³/mol. The van der Waals surface area contributed by atoms with Gasteiger partial charge in [-0.3, -0.25) is 0 Å². The summed E-state index contributed by atoms with van der Waals surface area (Å²) in [6.45, 7) is 15.0. The molecule has 0 saturated carbocycles. The van der Waals surface area contributed by atoms with Crippen LogP contribution in [0.3, 0.4) is 0 Å². The SMILES string of the molecule is C=C1OC(C)(C)[N+](=C)C1=C. The van der Waals surface area contributed by atoms with Crippen molar-refractivity contribution in [3.63, 3.8) is 0 Å².